The van der Waals surface area contributed by atoms with Crippen molar-refractivity contribution in [3.63, 3.8) is 0 Å². The van der Waals surface area contributed by atoms with Crippen molar-refractivity contribution in [2.45, 2.75) is 42.4 Å². The molecule has 2 atom stereocenters. The lowest BCUT2D eigenvalue weighted by Crippen LogP contribution is -2.32. The molecule has 84 heavy (non-hydrogen) atoms. The van der Waals surface area contributed by atoms with Crippen LogP contribution < -0.4 is 0 Å². The highest BCUT2D eigenvalue weighted by Crippen LogP contribution is 2.67. The summed E-state index contributed by atoms with van der Waals surface area (Å²) < 4.78 is 0. The van der Waals surface area contributed by atoms with Crippen LogP contribution >= 0.6 is 0 Å². The molecule has 8 aliphatic rings. The molecular weight excluding hydrogens is 1010 g/mol. The Bertz CT molecular complexity index is 4850. The van der Waals surface area contributed by atoms with E-state index in [4.69, 9.17) is 9.98 Å². The highest BCUT2D eigenvalue weighted by atomic mass is 14.9. The maximum atomic E-state index is 6.06. The molecule has 392 valence electrons. The summed E-state index contributed by atoms with van der Waals surface area (Å²) in [6.45, 7) is 2.32. The van der Waals surface area contributed by atoms with E-state index in [0.29, 0.717) is 6.42 Å². The highest BCUT2D eigenvalue weighted by molar-refractivity contribution is 6.17. The summed E-state index contributed by atoms with van der Waals surface area (Å²) >= 11 is 0. The summed E-state index contributed by atoms with van der Waals surface area (Å²) in [7, 11) is 0. The molecule has 2 heteroatoms. The molecule has 0 bridgehead atoms. The Hall–Kier alpha value is -10.0. The molecule has 7 aliphatic carbocycles. The fraction of sp³-hybridized carbons (Fsp3) is 0.0976. The molecule has 0 radical (unpaired) electrons. The van der Waals surface area contributed by atoms with Gasteiger partial charge in [0.05, 0.1) is 27.7 Å². The van der Waals surface area contributed by atoms with Crippen LogP contribution in [0.3, 0.4) is 0 Å². The molecule has 2 nitrogen and oxygen atoms in total. The van der Waals surface area contributed by atoms with Crippen molar-refractivity contribution in [3.8, 4) is 55.6 Å². The molecule has 19 rings (SSSR count). The lowest BCUT2D eigenvalue weighted by atomic mass is 9.65. The van der Waals surface area contributed by atoms with Gasteiger partial charge in [-0.15, -0.1) is 0 Å². The van der Waals surface area contributed by atoms with E-state index in [0.717, 1.165) is 46.8 Å². The molecule has 0 saturated heterocycles. The number of amidine groups is 1. The highest BCUT2D eigenvalue weighted by Gasteiger charge is 2.57. The second kappa shape index (κ2) is 16.8. The van der Waals surface area contributed by atoms with E-state index in [2.05, 4.69) is 274 Å². The SMILES string of the molecule is CCC1=C(c2ccc3c(c2)C2(c4ccccc4C4=CC=CCC42)c2ccccc2-3)N=C(c2ccc3c(c2)C2(c4ccccc4-c4ccccc42)c2ccccc2-3)N=C(c2ccc3c(c2)C2(c4ccccc4-c4ccccc42)c2ccccc2-3)C1. The van der Waals surface area contributed by atoms with Gasteiger partial charge in [-0.1, -0.05) is 256 Å². The van der Waals surface area contributed by atoms with E-state index in [1.165, 1.54) is 134 Å². The van der Waals surface area contributed by atoms with Crippen LogP contribution in [0.25, 0.3) is 66.9 Å². The van der Waals surface area contributed by atoms with Gasteiger partial charge in [0.1, 0.15) is 0 Å². The Kier molecular flexibility index (Phi) is 9.32. The third kappa shape index (κ3) is 5.62. The van der Waals surface area contributed by atoms with Gasteiger partial charge in [0.25, 0.3) is 0 Å². The van der Waals surface area contributed by atoms with E-state index in [9.17, 15) is 0 Å². The van der Waals surface area contributed by atoms with Gasteiger partial charge < -0.3 is 0 Å². The van der Waals surface area contributed by atoms with E-state index < -0.39 is 10.8 Å². The van der Waals surface area contributed by atoms with Gasteiger partial charge >= 0.3 is 0 Å². The first-order valence-corrected chi connectivity index (χ1v) is 30.1. The second-order valence-electron chi connectivity index (χ2n) is 24.3. The van der Waals surface area contributed by atoms with Crippen molar-refractivity contribution in [1.82, 2.24) is 0 Å². The molecule has 1 heterocycles. The minimum absolute atomic E-state index is 0.266. The third-order valence-electron chi connectivity index (χ3n) is 20.9. The molecule has 0 amide bonds. The average molecular weight is 1070 g/mol. The number of benzene rings is 11. The smallest absolute Gasteiger partial charge is 0.160 e. The Morgan fingerprint density at radius 2 is 0.726 bits per heavy atom. The number of hydrogen-bond acceptors (Lipinski definition) is 2. The Labute approximate surface area is 490 Å². The van der Waals surface area contributed by atoms with Crippen molar-refractivity contribution in [2.75, 3.05) is 0 Å². The van der Waals surface area contributed by atoms with Crippen LogP contribution in [0.5, 0.6) is 0 Å². The summed E-state index contributed by atoms with van der Waals surface area (Å²) in [4.78, 5) is 12.1. The molecule has 3 spiro atoms. The first-order valence-electron chi connectivity index (χ1n) is 30.1. The van der Waals surface area contributed by atoms with Gasteiger partial charge in [-0.3, -0.25) is 0 Å². The van der Waals surface area contributed by atoms with Gasteiger partial charge in [0.15, 0.2) is 5.84 Å². The van der Waals surface area contributed by atoms with Crippen molar-refractivity contribution < 1.29 is 0 Å². The largest absolute Gasteiger partial charge is 0.232 e. The van der Waals surface area contributed by atoms with Crippen LogP contribution in [0.2, 0.25) is 0 Å². The monoisotopic (exact) mass is 1070 g/mol. The molecule has 0 fully saturated rings. The summed E-state index contributed by atoms with van der Waals surface area (Å²) in [5, 5.41) is 0. The van der Waals surface area contributed by atoms with Crippen LogP contribution in [0.4, 0.5) is 0 Å². The minimum atomic E-state index is -0.514. The topological polar surface area (TPSA) is 24.7 Å². The lowest BCUT2D eigenvalue weighted by Gasteiger charge is -2.36. The summed E-state index contributed by atoms with van der Waals surface area (Å²) in [5.41, 5.74) is 35.8. The number of allylic oxidation sites excluding steroid dienone is 5. The van der Waals surface area contributed by atoms with Crippen molar-refractivity contribution in [3.05, 3.63) is 356 Å². The predicted molar refractivity (Wildman–Crippen MR) is 344 cm³/mol. The number of fused-ring (bicyclic) bond motifs is 30. The molecule has 1 aliphatic heterocycles. The number of aliphatic imine (C=N–C) groups is 2. The molecule has 11 aromatic rings. The number of rotatable bonds is 4. The van der Waals surface area contributed by atoms with Gasteiger partial charge in [-0.05, 0) is 170 Å². The van der Waals surface area contributed by atoms with Crippen LogP contribution in [-0.4, -0.2) is 11.5 Å². The fourth-order valence-electron chi connectivity index (χ4n) is 17.7. The Morgan fingerprint density at radius 3 is 1.21 bits per heavy atom. The normalized spacial score (nSPS) is 19.0. The number of nitrogens with zero attached hydrogens (tertiary/aromatic N) is 2. The van der Waals surface area contributed by atoms with E-state index in [-0.39, 0.29) is 11.3 Å². The van der Waals surface area contributed by atoms with Crippen LogP contribution in [0.1, 0.15) is 110 Å². The average Bonchev–Trinajstić information content (AvgIpc) is 1.57. The van der Waals surface area contributed by atoms with Gasteiger partial charge in [-0.25, -0.2) is 9.98 Å². The molecule has 2 unspecified atom stereocenters. The Balaban J connectivity index is 0.856. The van der Waals surface area contributed by atoms with Crippen molar-refractivity contribution in [1.29, 1.82) is 0 Å². The van der Waals surface area contributed by atoms with Crippen molar-refractivity contribution >= 4 is 22.8 Å². The van der Waals surface area contributed by atoms with Crippen LogP contribution in [0, 0.1) is 5.92 Å². The molecular formula is C82H54N2. The minimum Gasteiger partial charge on any atom is -0.232 e. The van der Waals surface area contributed by atoms with Crippen LogP contribution in [0.15, 0.2) is 283 Å². The summed E-state index contributed by atoms with van der Waals surface area (Å²) in [6.07, 6.45) is 9.48. The summed E-state index contributed by atoms with van der Waals surface area (Å²) in [5.74, 6) is 1.00. The van der Waals surface area contributed by atoms with E-state index >= 15 is 0 Å². The zero-order valence-electron chi connectivity index (χ0n) is 46.5. The zero-order chi connectivity index (χ0) is 55.0. The zero-order valence-corrected chi connectivity index (χ0v) is 46.5. The predicted octanol–water partition coefficient (Wildman–Crippen LogP) is 19.1. The van der Waals surface area contributed by atoms with E-state index in [1.807, 2.05) is 0 Å². The quantitative estimate of drug-likeness (QED) is 0.168. The molecule has 0 N–H and O–H groups in total. The first-order chi connectivity index (χ1) is 41.6. The number of hydrogen-bond donors (Lipinski definition) is 0. The summed E-state index contributed by atoms with van der Waals surface area (Å²) in [6, 6.07) is 94.9. The van der Waals surface area contributed by atoms with E-state index in [1.54, 1.807) is 0 Å². The second-order valence-corrected chi connectivity index (χ2v) is 24.3. The molecule has 0 aromatic heterocycles. The maximum Gasteiger partial charge on any atom is 0.160 e. The third-order valence-corrected chi connectivity index (χ3v) is 20.9. The van der Waals surface area contributed by atoms with Gasteiger partial charge in [-0.2, -0.15) is 0 Å². The lowest BCUT2D eigenvalue weighted by molar-refractivity contribution is 0.494. The molecule has 0 saturated carbocycles. The van der Waals surface area contributed by atoms with Gasteiger partial charge in [0.2, 0.25) is 0 Å². The van der Waals surface area contributed by atoms with Crippen LogP contribution in [-0.2, 0) is 16.2 Å². The first kappa shape index (κ1) is 46.6. The molecule has 11 aromatic carbocycles. The van der Waals surface area contributed by atoms with Gasteiger partial charge in [0, 0.05) is 23.5 Å². The standard InChI is InChI=1S/C82H54N2/c1-2-49-48-77(50-39-42-62-59-27-9-18-36-71(59)80(74(62)45-50)65-30-12-3-21-53(65)54-22-4-13-31-66(54)80)83-79(52-41-44-64-61-29-11-20-38-73(61)82(76(64)47-52)69-34-16-7-25-57(69)58-26-8-17-35-70(58)82)84-78(49)51-40-43-63-60-28-10-19-37-72(60)81(75(63)46-51)67-32-14-5-23-55(67)56-24-6-15-33-68(56)81/h3-32,34-47,68H,2,33,48H2,1H3. The fourth-order valence-corrected chi connectivity index (χ4v) is 17.7. The Morgan fingerprint density at radius 1 is 0.357 bits per heavy atom. The maximum absolute atomic E-state index is 6.06. The van der Waals surface area contributed by atoms with Crippen molar-refractivity contribution in [2.24, 2.45) is 15.9 Å².